The summed E-state index contributed by atoms with van der Waals surface area (Å²) in [5.41, 5.74) is 0. The summed E-state index contributed by atoms with van der Waals surface area (Å²) in [4.78, 5) is 5.07. The molecule has 1 aliphatic heterocycles. The van der Waals surface area contributed by atoms with Gasteiger partial charge in [-0.25, -0.2) is 0 Å². The summed E-state index contributed by atoms with van der Waals surface area (Å²) in [5, 5.41) is 3.40. The largest absolute Gasteiger partial charge is 0.383 e. The first kappa shape index (κ1) is 14.9. The van der Waals surface area contributed by atoms with Gasteiger partial charge in [0.05, 0.1) is 6.61 Å². The van der Waals surface area contributed by atoms with Gasteiger partial charge in [0.2, 0.25) is 0 Å². The Morgan fingerprint density at radius 2 is 1.82 bits per heavy atom. The van der Waals surface area contributed by atoms with Crippen LogP contribution in [-0.4, -0.2) is 75.4 Å². The Morgan fingerprint density at radius 3 is 2.41 bits per heavy atom. The molecule has 0 aromatic carbocycles. The zero-order chi connectivity index (χ0) is 12.7. The van der Waals surface area contributed by atoms with Gasteiger partial charge in [0.15, 0.2) is 0 Å². The smallest absolute Gasteiger partial charge is 0.0587 e. The second kappa shape index (κ2) is 8.03. The van der Waals surface area contributed by atoms with Crippen molar-refractivity contribution in [2.24, 2.45) is 0 Å². The number of ether oxygens (including phenoxy) is 1. The quantitative estimate of drug-likeness (QED) is 0.664. The van der Waals surface area contributed by atoms with Crippen molar-refractivity contribution in [2.45, 2.75) is 32.4 Å². The number of nitrogens with one attached hydrogen (secondary N) is 1. The van der Waals surface area contributed by atoms with Crippen LogP contribution in [0.1, 0.15) is 20.3 Å². The molecule has 2 atom stereocenters. The molecule has 0 spiro atoms. The van der Waals surface area contributed by atoms with Gasteiger partial charge in [-0.2, -0.15) is 0 Å². The number of methoxy groups -OCH3 is 1. The van der Waals surface area contributed by atoms with Crippen molar-refractivity contribution in [1.82, 2.24) is 15.1 Å². The summed E-state index contributed by atoms with van der Waals surface area (Å²) in [7, 11) is 3.98. The molecule has 1 N–H and O–H groups in total. The third-order valence-corrected chi connectivity index (χ3v) is 3.75. The van der Waals surface area contributed by atoms with E-state index in [2.05, 4.69) is 36.0 Å². The molecule has 0 bridgehead atoms. The van der Waals surface area contributed by atoms with E-state index in [0.29, 0.717) is 12.1 Å². The van der Waals surface area contributed by atoms with Gasteiger partial charge in [0, 0.05) is 38.8 Å². The van der Waals surface area contributed by atoms with E-state index in [1.54, 1.807) is 7.11 Å². The highest BCUT2D eigenvalue weighted by Crippen LogP contribution is 2.12. The van der Waals surface area contributed by atoms with Crippen molar-refractivity contribution in [1.29, 1.82) is 0 Å². The fourth-order valence-corrected chi connectivity index (χ4v) is 2.42. The van der Waals surface area contributed by atoms with E-state index >= 15 is 0 Å². The van der Waals surface area contributed by atoms with Gasteiger partial charge >= 0.3 is 0 Å². The van der Waals surface area contributed by atoms with Crippen molar-refractivity contribution >= 4 is 0 Å². The van der Waals surface area contributed by atoms with Gasteiger partial charge in [0.25, 0.3) is 0 Å². The molecule has 2 unspecified atom stereocenters. The summed E-state index contributed by atoms with van der Waals surface area (Å²) in [6.07, 6.45) is 1.23. The Balaban J connectivity index is 2.07. The second-order valence-corrected chi connectivity index (χ2v) is 5.22. The maximum atomic E-state index is 5.00. The maximum absolute atomic E-state index is 5.00. The zero-order valence-electron chi connectivity index (χ0n) is 11.9. The van der Waals surface area contributed by atoms with E-state index in [1.807, 2.05) is 0 Å². The molecule has 0 aliphatic carbocycles. The molecule has 0 aromatic rings. The molecule has 4 heteroatoms. The number of nitrogens with zero attached hydrogens (tertiary/aromatic N) is 2. The van der Waals surface area contributed by atoms with E-state index in [9.17, 15) is 0 Å². The van der Waals surface area contributed by atoms with Crippen molar-refractivity contribution in [3.8, 4) is 0 Å². The van der Waals surface area contributed by atoms with Gasteiger partial charge in [-0.15, -0.1) is 0 Å². The van der Waals surface area contributed by atoms with Crippen molar-refractivity contribution in [2.75, 3.05) is 53.5 Å². The molecule has 1 saturated heterocycles. The molecule has 1 fully saturated rings. The van der Waals surface area contributed by atoms with Crippen LogP contribution < -0.4 is 5.32 Å². The Morgan fingerprint density at radius 1 is 1.18 bits per heavy atom. The summed E-state index contributed by atoms with van der Waals surface area (Å²) in [6, 6.07) is 1.36. The monoisotopic (exact) mass is 243 g/mol. The van der Waals surface area contributed by atoms with Gasteiger partial charge in [-0.3, -0.25) is 4.90 Å². The standard InChI is InChI=1S/C13H29N3O/c1-12-10-16(11-13(2)15(12)3)8-5-6-14-7-9-17-4/h12-14H,5-11H2,1-4H3. The summed E-state index contributed by atoms with van der Waals surface area (Å²) in [6.45, 7) is 11.1. The van der Waals surface area contributed by atoms with Crippen LogP contribution in [0.3, 0.4) is 0 Å². The van der Waals surface area contributed by atoms with Crippen LogP contribution in [0.4, 0.5) is 0 Å². The number of piperazine rings is 1. The number of hydrogen-bond donors (Lipinski definition) is 1. The van der Waals surface area contributed by atoms with Crippen LogP contribution in [0, 0.1) is 0 Å². The molecular weight excluding hydrogens is 214 g/mol. The van der Waals surface area contributed by atoms with E-state index in [0.717, 1.165) is 19.7 Å². The van der Waals surface area contributed by atoms with E-state index in [4.69, 9.17) is 4.74 Å². The fraction of sp³-hybridized carbons (Fsp3) is 1.00. The lowest BCUT2D eigenvalue weighted by atomic mass is 10.1. The lowest BCUT2D eigenvalue weighted by Gasteiger charge is -2.42. The SMILES string of the molecule is COCCNCCCN1CC(C)N(C)C(C)C1. The van der Waals surface area contributed by atoms with Crippen molar-refractivity contribution in [3.05, 3.63) is 0 Å². The summed E-state index contributed by atoms with van der Waals surface area (Å²) < 4.78 is 5.00. The molecule has 0 aromatic heterocycles. The van der Waals surface area contributed by atoms with Crippen LogP contribution in [-0.2, 0) is 4.74 Å². The molecule has 1 heterocycles. The van der Waals surface area contributed by atoms with Gasteiger partial charge in [0.1, 0.15) is 0 Å². The Labute approximate surface area is 106 Å². The minimum atomic E-state index is 0.681. The van der Waals surface area contributed by atoms with Crippen LogP contribution >= 0.6 is 0 Å². The van der Waals surface area contributed by atoms with Crippen LogP contribution in [0.25, 0.3) is 0 Å². The molecule has 4 nitrogen and oxygen atoms in total. The highest BCUT2D eigenvalue weighted by atomic mass is 16.5. The Kier molecular flexibility index (Phi) is 7.04. The molecular formula is C13H29N3O. The van der Waals surface area contributed by atoms with Crippen molar-refractivity contribution < 1.29 is 4.74 Å². The zero-order valence-corrected chi connectivity index (χ0v) is 11.9. The van der Waals surface area contributed by atoms with Gasteiger partial charge in [-0.05, 0) is 40.4 Å². The lowest BCUT2D eigenvalue weighted by Crippen LogP contribution is -2.55. The summed E-state index contributed by atoms with van der Waals surface area (Å²) in [5.74, 6) is 0. The average Bonchev–Trinajstić information content (AvgIpc) is 2.30. The Bertz CT molecular complexity index is 189. The third-order valence-electron chi connectivity index (χ3n) is 3.75. The Hall–Kier alpha value is -0.160. The molecule has 17 heavy (non-hydrogen) atoms. The summed E-state index contributed by atoms with van der Waals surface area (Å²) >= 11 is 0. The van der Waals surface area contributed by atoms with E-state index in [1.165, 1.54) is 26.1 Å². The minimum Gasteiger partial charge on any atom is -0.383 e. The molecule has 0 saturated carbocycles. The van der Waals surface area contributed by atoms with Crippen LogP contribution in [0.5, 0.6) is 0 Å². The molecule has 102 valence electrons. The van der Waals surface area contributed by atoms with Crippen LogP contribution in [0.15, 0.2) is 0 Å². The first-order chi connectivity index (χ1) is 8.15. The van der Waals surface area contributed by atoms with E-state index < -0.39 is 0 Å². The van der Waals surface area contributed by atoms with Gasteiger partial charge in [-0.1, -0.05) is 0 Å². The normalized spacial score (nSPS) is 27.5. The number of likely N-dealkylation sites (N-methyl/N-ethyl adjacent to an activating group) is 1. The number of hydrogen-bond acceptors (Lipinski definition) is 4. The highest BCUT2D eigenvalue weighted by Gasteiger charge is 2.25. The minimum absolute atomic E-state index is 0.681. The van der Waals surface area contributed by atoms with Crippen molar-refractivity contribution in [3.63, 3.8) is 0 Å². The highest BCUT2D eigenvalue weighted by molar-refractivity contribution is 4.82. The molecule has 0 radical (unpaired) electrons. The maximum Gasteiger partial charge on any atom is 0.0587 e. The van der Waals surface area contributed by atoms with Gasteiger partial charge < -0.3 is 15.0 Å². The number of rotatable bonds is 7. The fourth-order valence-electron chi connectivity index (χ4n) is 2.42. The van der Waals surface area contributed by atoms with Crippen LogP contribution in [0.2, 0.25) is 0 Å². The molecule has 1 rings (SSSR count). The average molecular weight is 243 g/mol. The topological polar surface area (TPSA) is 27.7 Å². The first-order valence-electron chi connectivity index (χ1n) is 6.79. The van der Waals surface area contributed by atoms with E-state index in [-0.39, 0.29) is 0 Å². The second-order valence-electron chi connectivity index (χ2n) is 5.22. The predicted molar refractivity (Wildman–Crippen MR) is 72.5 cm³/mol. The first-order valence-corrected chi connectivity index (χ1v) is 6.79. The lowest BCUT2D eigenvalue weighted by molar-refractivity contribution is 0.0594. The predicted octanol–water partition coefficient (Wildman–Crippen LogP) is 0.637. The molecule has 1 aliphatic rings. The molecule has 0 amide bonds. The third kappa shape index (κ3) is 5.34.